The van der Waals surface area contributed by atoms with Crippen LogP contribution in [0.2, 0.25) is 0 Å². The molecule has 0 aromatic heterocycles. The Bertz CT molecular complexity index is 271. The van der Waals surface area contributed by atoms with E-state index in [-0.39, 0.29) is 12.6 Å². The summed E-state index contributed by atoms with van der Waals surface area (Å²) in [6, 6.07) is -0.162. The average molecular weight is 260 g/mol. The molecule has 1 atom stereocenters. The summed E-state index contributed by atoms with van der Waals surface area (Å²) in [5.41, 5.74) is 0. The molecule has 2 amide bonds. The number of carbonyl (C=O) groups is 2. The summed E-state index contributed by atoms with van der Waals surface area (Å²) in [5.74, 6) is -1.45. The zero-order chi connectivity index (χ0) is 14.1. The smallest absolute Gasteiger partial charge is 0.319 e. The van der Waals surface area contributed by atoms with Gasteiger partial charge in [-0.05, 0) is 13.8 Å². The van der Waals surface area contributed by atoms with E-state index in [1.807, 2.05) is 13.8 Å². The van der Waals surface area contributed by atoms with Crippen LogP contribution in [0.1, 0.15) is 20.8 Å². The summed E-state index contributed by atoms with van der Waals surface area (Å²) in [6.45, 7) is 7.67. The lowest BCUT2D eigenvalue weighted by Gasteiger charge is -2.28. The number of carboxylic acid groups (broad SMARTS) is 1. The summed E-state index contributed by atoms with van der Waals surface area (Å²) < 4.78 is 5.18. The third-order valence-corrected chi connectivity index (χ3v) is 2.67. The van der Waals surface area contributed by atoms with Crippen LogP contribution in [-0.2, 0) is 9.53 Å². The number of urea groups is 1. The second kappa shape index (κ2) is 8.74. The minimum Gasteiger partial charge on any atom is -0.481 e. The molecule has 106 valence electrons. The second-order valence-corrected chi connectivity index (χ2v) is 4.18. The maximum atomic E-state index is 12.0. The number of aliphatic carboxylic acids is 1. The zero-order valence-corrected chi connectivity index (χ0v) is 11.7. The summed E-state index contributed by atoms with van der Waals surface area (Å²) in [5, 5.41) is 8.85. The number of hydrogen-bond acceptors (Lipinski definition) is 3. The number of rotatable bonds is 8. The van der Waals surface area contributed by atoms with Gasteiger partial charge in [0.25, 0.3) is 0 Å². The van der Waals surface area contributed by atoms with Crippen LogP contribution in [-0.4, -0.2) is 66.8 Å². The Kier molecular flexibility index (Phi) is 8.11. The first kappa shape index (κ1) is 16.7. The molecule has 0 aromatic rings. The Labute approximate surface area is 109 Å². The first-order valence-corrected chi connectivity index (χ1v) is 6.24. The van der Waals surface area contributed by atoms with Crippen LogP contribution in [0.25, 0.3) is 0 Å². The molecular formula is C12H24N2O4. The molecule has 0 saturated carbocycles. The van der Waals surface area contributed by atoms with Gasteiger partial charge in [-0.3, -0.25) is 4.79 Å². The van der Waals surface area contributed by atoms with E-state index in [1.54, 1.807) is 18.9 Å². The molecule has 6 heteroatoms. The third kappa shape index (κ3) is 5.86. The van der Waals surface area contributed by atoms with E-state index in [0.29, 0.717) is 26.3 Å². The van der Waals surface area contributed by atoms with E-state index < -0.39 is 11.9 Å². The first-order valence-electron chi connectivity index (χ1n) is 6.24. The summed E-state index contributed by atoms with van der Waals surface area (Å²) >= 11 is 0. The fourth-order valence-corrected chi connectivity index (χ4v) is 1.43. The molecule has 0 aromatic carbocycles. The molecule has 0 aliphatic rings. The van der Waals surface area contributed by atoms with E-state index in [2.05, 4.69) is 0 Å². The van der Waals surface area contributed by atoms with Crippen LogP contribution in [0.3, 0.4) is 0 Å². The van der Waals surface area contributed by atoms with Crippen molar-refractivity contribution in [2.24, 2.45) is 5.92 Å². The maximum Gasteiger partial charge on any atom is 0.319 e. The van der Waals surface area contributed by atoms with Crippen LogP contribution in [0.15, 0.2) is 0 Å². The highest BCUT2D eigenvalue weighted by molar-refractivity contribution is 5.75. The van der Waals surface area contributed by atoms with Crippen molar-refractivity contribution in [1.29, 1.82) is 0 Å². The SMILES string of the molecule is CCOCCN(C)C(=O)N(CC)CC(C)C(=O)O. The Balaban J connectivity index is 4.28. The van der Waals surface area contributed by atoms with Crippen molar-refractivity contribution in [3.63, 3.8) is 0 Å². The highest BCUT2D eigenvalue weighted by Gasteiger charge is 2.21. The van der Waals surface area contributed by atoms with Crippen molar-refractivity contribution in [2.75, 3.05) is 39.9 Å². The van der Waals surface area contributed by atoms with Gasteiger partial charge in [-0.1, -0.05) is 6.92 Å². The molecule has 0 spiro atoms. The topological polar surface area (TPSA) is 70.1 Å². The fourth-order valence-electron chi connectivity index (χ4n) is 1.43. The third-order valence-electron chi connectivity index (χ3n) is 2.67. The highest BCUT2D eigenvalue weighted by atomic mass is 16.5. The fraction of sp³-hybridized carbons (Fsp3) is 0.833. The van der Waals surface area contributed by atoms with Crippen LogP contribution in [0.4, 0.5) is 4.79 Å². The second-order valence-electron chi connectivity index (χ2n) is 4.18. The van der Waals surface area contributed by atoms with Gasteiger partial charge in [0.05, 0.1) is 12.5 Å². The van der Waals surface area contributed by atoms with Gasteiger partial charge in [0.15, 0.2) is 0 Å². The number of ether oxygens (including phenoxy) is 1. The molecule has 0 aliphatic heterocycles. The molecule has 1 unspecified atom stereocenters. The van der Waals surface area contributed by atoms with Crippen molar-refractivity contribution in [1.82, 2.24) is 9.80 Å². The first-order chi connectivity index (χ1) is 8.43. The molecule has 0 heterocycles. The quantitative estimate of drug-likeness (QED) is 0.664. The van der Waals surface area contributed by atoms with Gasteiger partial charge in [0, 0.05) is 33.3 Å². The van der Waals surface area contributed by atoms with E-state index in [1.165, 1.54) is 4.90 Å². The Morgan fingerprint density at radius 2 is 1.94 bits per heavy atom. The lowest BCUT2D eigenvalue weighted by atomic mass is 10.2. The van der Waals surface area contributed by atoms with Gasteiger partial charge < -0.3 is 19.6 Å². The largest absolute Gasteiger partial charge is 0.481 e. The van der Waals surface area contributed by atoms with Crippen molar-refractivity contribution in [2.45, 2.75) is 20.8 Å². The molecule has 0 fully saturated rings. The number of nitrogens with zero attached hydrogens (tertiary/aromatic N) is 2. The van der Waals surface area contributed by atoms with Crippen molar-refractivity contribution >= 4 is 12.0 Å². The molecular weight excluding hydrogens is 236 g/mol. The minimum absolute atomic E-state index is 0.162. The van der Waals surface area contributed by atoms with Crippen LogP contribution < -0.4 is 0 Å². The van der Waals surface area contributed by atoms with Crippen molar-refractivity contribution in [3.05, 3.63) is 0 Å². The van der Waals surface area contributed by atoms with Gasteiger partial charge in [0.2, 0.25) is 0 Å². The number of carbonyl (C=O) groups excluding carboxylic acids is 1. The minimum atomic E-state index is -0.891. The standard InChI is InChI=1S/C12H24N2O4/c1-5-14(9-10(3)11(15)16)12(17)13(4)7-8-18-6-2/h10H,5-9H2,1-4H3,(H,15,16). The molecule has 1 N–H and O–H groups in total. The zero-order valence-electron chi connectivity index (χ0n) is 11.7. The van der Waals surface area contributed by atoms with Gasteiger partial charge in [0.1, 0.15) is 0 Å². The molecule has 0 aliphatic carbocycles. The lowest BCUT2D eigenvalue weighted by Crippen LogP contribution is -2.45. The normalized spacial score (nSPS) is 12.0. The molecule has 18 heavy (non-hydrogen) atoms. The predicted octanol–water partition coefficient (Wildman–Crippen LogP) is 1.12. The van der Waals surface area contributed by atoms with Gasteiger partial charge >= 0.3 is 12.0 Å². The monoisotopic (exact) mass is 260 g/mol. The summed E-state index contributed by atoms with van der Waals surface area (Å²) in [4.78, 5) is 25.9. The Hall–Kier alpha value is -1.30. The molecule has 6 nitrogen and oxygen atoms in total. The average Bonchev–Trinajstić information content (AvgIpc) is 2.34. The van der Waals surface area contributed by atoms with Crippen molar-refractivity contribution < 1.29 is 19.4 Å². The van der Waals surface area contributed by atoms with Gasteiger partial charge in [-0.15, -0.1) is 0 Å². The van der Waals surface area contributed by atoms with E-state index >= 15 is 0 Å². The highest BCUT2D eigenvalue weighted by Crippen LogP contribution is 2.03. The van der Waals surface area contributed by atoms with Crippen molar-refractivity contribution in [3.8, 4) is 0 Å². The lowest BCUT2D eigenvalue weighted by molar-refractivity contribution is -0.141. The Morgan fingerprint density at radius 3 is 2.39 bits per heavy atom. The van der Waals surface area contributed by atoms with E-state index in [4.69, 9.17) is 9.84 Å². The molecule has 0 saturated heterocycles. The summed E-state index contributed by atoms with van der Waals surface area (Å²) in [6.07, 6.45) is 0. The van der Waals surface area contributed by atoms with E-state index in [9.17, 15) is 9.59 Å². The molecule has 0 rings (SSSR count). The predicted molar refractivity (Wildman–Crippen MR) is 68.6 cm³/mol. The van der Waals surface area contributed by atoms with Gasteiger partial charge in [-0.25, -0.2) is 4.79 Å². The molecule has 0 bridgehead atoms. The number of amides is 2. The molecule has 0 radical (unpaired) electrons. The Morgan fingerprint density at radius 1 is 1.33 bits per heavy atom. The number of hydrogen-bond donors (Lipinski definition) is 1. The van der Waals surface area contributed by atoms with Crippen LogP contribution in [0, 0.1) is 5.92 Å². The van der Waals surface area contributed by atoms with Crippen LogP contribution >= 0.6 is 0 Å². The summed E-state index contributed by atoms with van der Waals surface area (Å²) in [7, 11) is 1.69. The van der Waals surface area contributed by atoms with E-state index in [0.717, 1.165) is 0 Å². The van der Waals surface area contributed by atoms with Crippen LogP contribution in [0.5, 0.6) is 0 Å². The number of carboxylic acids is 1. The van der Waals surface area contributed by atoms with Gasteiger partial charge in [-0.2, -0.15) is 0 Å². The number of likely N-dealkylation sites (N-methyl/N-ethyl adjacent to an activating group) is 1. The maximum absolute atomic E-state index is 12.0.